The average molecular weight is 416 g/mol. The number of hydrogen-bond acceptors (Lipinski definition) is 6. The van der Waals surface area contributed by atoms with Gasteiger partial charge in [0.25, 0.3) is 0 Å². The first-order chi connectivity index (χ1) is 14.2. The maximum Gasteiger partial charge on any atom is 0.233 e. The van der Waals surface area contributed by atoms with E-state index < -0.39 is 0 Å². The maximum absolute atomic E-state index is 12.7. The van der Waals surface area contributed by atoms with Gasteiger partial charge in [-0.3, -0.25) is 9.36 Å². The minimum atomic E-state index is 0.198. The van der Waals surface area contributed by atoms with Gasteiger partial charge in [-0.05, 0) is 24.3 Å². The Morgan fingerprint density at radius 3 is 2.72 bits per heavy atom. The molecule has 1 atom stereocenters. The number of hydrogen-bond donors (Lipinski definition) is 0. The van der Waals surface area contributed by atoms with Crippen LogP contribution in [0.2, 0.25) is 0 Å². The second kappa shape index (κ2) is 9.63. The number of morpholine rings is 1. The van der Waals surface area contributed by atoms with Crippen LogP contribution in [0.3, 0.4) is 0 Å². The zero-order chi connectivity index (χ0) is 20.1. The molecule has 0 N–H and O–H groups in total. The molecule has 0 radical (unpaired) electrons. The summed E-state index contributed by atoms with van der Waals surface area (Å²) < 4.78 is 7.62. The molecule has 2 aliphatic rings. The first kappa shape index (κ1) is 20.2. The summed E-state index contributed by atoms with van der Waals surface area (Å²) >= 11 is 1.49. The Kier molecular flexibility index (Phi) is 6.71. The Bertz CT molecular complexity index is 807. The molecule has 29 heavy (non-hydrogen) atoms. The van der Waals surface area contributed by atoms with Crippen LogP contribution >= 0.6 is 11.8 Å². The summed E-state index contributed by atoms with van der Waals surface area (Å²) in [7, 11) is 0. The molecular formula is C21H29N5O2S. The Labute approximate surface area is 176 Å². The molecule has 1 amide bonds. The number of piperidine rings is 1. The number of anilines is 1. The number of rotatable bonds is 6. The second-order valence-electron chi connectivity index (χ2n) is 7.83. The van der Waals surface area contributed by atoms with Gasteiger partial charge in [0.05, 0.1) is 25.5 Å². The van der Waals surface area contributed by atoms with Crippen molar-refractivity contribution in [3.63, 3.8) is 0 Å². The van der Waals surface area contributed by atoms with Crippen LogP contribution in [-0.2, 0) is 16.1 Å². The SMILES string of the molecule is CC1CCCN(C(=O)CSc2nnc(N3CCOCC3)n2Cc2ccccc2)C1. The van der Waals surface area contributed by atoms with Crippen LogP contribution in [0.5, 0.6) is 0 Å². The van der Waals surface area contributed by atoms with Gasteiger partial charge < -0.3 is 14.5 Å². The molecule has 1 unspecified atom stereocenters. The van der Waals surface area contributed by atoms with Gasteiger partial charge in [-0.15, -0.1) is 10.2 Å². The lowest BCUT2D eigenvalue weighted by atomic mass is 10.0. The van der Waals surface area contributed by atoms with E-state index in [1.165, 1.54) is 23.7 Å². The number of thioether (sulfide) groups is 1. The van der Waals surface area contributed by atoms with E-state index >= 15 is 0 Å². The Morgan fingerprint density at radius 2 is 1.97 bits per heavy atom. The molecule has 0 bridgehead atoms. The van der Waals surface area contributed by atoms with Gasteiger partial charge in [-0.25, -0.2) is 0 Å². The molecule has 0 spiro atoms. The number of ether oxygens (including phenoxy) is 1. The molecule has 2 fully saturated rings. The van der Waals surface area contributed by atoms with E-state index in [0.717, 1.165) is 43.7 Å². The smallest absolute Gasteiger partial charge is 0.233 e. The molecule has 2 saturated heterocycles. The van der Waals surface area contributed by atoms with Crippen molar-refractivity contribution in [3.8, 4) is 0 Å². The van der Waals surface area contributed by atoms with E-state index in [-0.39, 0.29) is 5.91 Å². The van der Waals surface area contributed by atoms with Crippen molar-refractivity contribution in [3.05, 3.63) is 35.9 Å². The predicted octanol–water partition coefficient (Wildman–Crippen LogP) is 2.51. The van der Waals surface area contributed by atoms with Gasteiger partial charge in [0, 0.05) is 26.2 Å². The third-order valence-electron chi connectivity index (χ3n) is 5.51. The summed E-state index contributed by atoms with van der Waals surface area (Å²) in [6.45, 7) is 7.67. The number of benzene rings is 1. The highest BCUT2D eigenvalue weighted by Crippen LogP contribution is 2.25. The lowest BCUT2D eigenvalue weighted by Crippen LogP contribution is -2.40. The highest BCUT2D eigenvalue weighted by atomic mass is 32.2. The highest BCUT2D eigenvalue weighted by Gasteiger charge is 2.24. The number of amides is 1. The number of likely N-dealkylation sites (tertiary alicyclic amines) is 1. The van der Waals surface area contributed by atoms with Gasteiger partial charge >= 0.3 is 0 Å². The number of aromatic nitrogens is 3. The van der Waals surface area contributed by atoms with Crippen LogP contribution in [0.25, 0.3) is 0 Å². The lowest BCUT2D eigenvalue weighted by molar-refractivity contribution is -0.130. The second-order valence-corrected chi connectivity index (χ2v) is 8.77. The molecule has 3 heterocycles. The molecule has 7 nitrogen and oxygen atoms in total. The predicted molar refractivity (Wildman–Crippen MR) is 114 cm³/mol. The third-order valence-corrected chi connectivity index (χ3v) is 6.46. The molecule has 2 aliphatic heterocycles. The monoisotopic (exact) mass is 415 g/mol. The summed E-state index contributed by atoms with van der Waals surface area (Å²) in [6, 6.07) is 10.3. The molecule has 2 aromatic rings. The summed E-state index contributed by atoms with van der Waals surface area (Å²) in [6.07, 6.45) is 2.31. The minimum absolute atomic E-state index is 0.198. The van der Waals surface area contributed by atoms with Crippen molar-refractivity contribution in [1.29, 1.82) is 0 Å². The fraction of sp³-hybridized carbons (Fsp3) is 0.571. The van der Waals surface area contributed by atoms with Gasteiger partial charge in [-0.2, -0.15) is 0 Å². The van der Waals surface area contributed by atoms with Crippen LogP contribution in [0.1, 0.15) is 25.3 Å². The number of nitrogens with zero attached hydrogens (tertiary/aromatic N) is 5. The van der Waals surface area contributed by atoms with E-state index in [9.17, 15) is 4.79 Å². The lowest BCUT2D eigenvalue weighted by Gasteiger charge is -2.31. The van der Waals surface area contributed by atoms with Crippen molar-refractivity contribution in [1.82, 2.24) is 19.7 Å². The molecule has 1 aromatic heterocycles. The topological polar surface area (TPSA) is 63.5 Å². The summed E-state index contributed by atoms with van der Waals surface area (Å²) in [5.74, 6) is 2.05. The fourth-order valence-corrected chi connectivity index (χ4v) is 4.76. The number of carbonyl (C=O) groups is 1. The van der Waals surface area contributed by atoms with Gasteiger partial charge in [-0.1, -0.05) is 49.0 Å². The molecule has 4 rings (SSSR count). The standard InChI is InChI=1S/C21H29N5O2S/c1-17-6-5-9-25(14-17)19(27)16-29-21-23-22-20(24-10-12-28-13-11-24)26(21)15-18-7-3-2-4-8-18/h2-4,7-8,17H,5-6,9-16H2,1H3. The van der Waals surface area contributed by atoms with E-state index in [2.05, 4.69) is 38.7 Å². The van der Waals surface area contributed by atoms with Crippen molar-refractivity contribution in [2.45, 2.75) is 31.5 Å². The summed E-state index contributed by atoms with van der Waals surface area (Å²) in [4.78, 5) is 16.9. The van der Waals surface area contributed by atoms with Gasteiger partial charge in [0.1, 0.15) is 0 Å². The highest BCUT2D eigenvalue weighted by molar-refractivity contribution is 7.99. The molecule has 156 valence electrons. The fourth-order valence-electron chi connectivity index (χ4n) is 3.92. The third kappa shape index (κ3) is 5.11. The Balaban J connectivity index is 1.49. The van der Waals surface area contributed by atoms with Crippen molar-refractivity contribution in [2.75, 3.05) is 50.0 Å². The van der Waals surface area contributed by atoms with Gasteiger partial charge in [0.15, 0.2) is 5.16 Å². The minimum Gasteiger partial charge on any atom is -0.378 e. The zero-order valence-corrected chi connectivity index (χ0v) is 17.8. The molecule has 8 heteroatoms. The molecule has 0 saturated carbocycles. The van der Waals surface area contributed by atoms with E-state index in [1.807, 2.05) is 23.1 Å². The van der Waals surface area contributed by atoms with E-state index in [1.54, 1.807) is 0 Å². The first-order valence-electron chi connectivity index (χ1n) is 10.4. The quantitative estimate of drug-likeness (QED) is 0.676. The van der Waals surface area contributed by atoms with Crippen molar-refractivity contribution >= 4 is 23.6 Å². The van der Waals surface area contributed by atoms with Crippen LogP contribution in [0, 0.1) is 5.92 Å². The number of carbonyl (C=O) groups excluding carboxylic acids is 1. The molecular weight excluding hydrogens is 386 g/mol. The zero-order valence-electron chi connectivity index (χ0n) is 17.0. The maximum atomic E-state index is 12.7. The van der Waals surface area contributed by atoms with Crippen LogP contribution < -0.4 is 4.90 Å². The molecule has 0 aliphatic carbocycles. The summed E-state index contributed by atoms with van der Waals surface area (Å²) in [5, 5.41) is 9.72. The normalized spacial score (nSPS) is 20.1. The van der Waals surface area contributed by atoms with Gasteiger partial charge in [0.2, 0.25) is 11.9 Å². The van der Waals surface area contributed by atoms with Crippen LogP contribution in [0.15, 0.2) is 35.5 Å². The summed E-state index contributed by atoms with van der Waals surface area (Å²) in [5.41, 5.74) is 1.19. The van der Waals surface area contributed by atoms with E-state index in [4.69, 9.17) is 4.74 Å². The largest absolute Gasteiger partial charge is 0.378 e. The van der Waals surface area contributed by atoms with Crippen LogP contribution in [-0.4, -0.2) is 70.7 Å². The molecule has 1 aromatic carbocycles. The Morgan fingerprint density at radius 1 is 1.17 bits per heavy atom. The Hall–Kier alpha value is -2.06. The van der Waals surface area contributed by atoms with Crippen molar-refractivity contribution in [2.24, 2.45) is 5.92 Å². The van der Waals surface area contributed by atoms with Crippen LogP contribution in [0.4, 0.5) is 5.95 Å². The average Bonchev–Trinajstić information content (AvgIpc) is 3.15. The first-order valence-corrected chi connectivity index (χ1v) is 11.4. The van der Waals surface area contributed by atoms with E-state index in [0.29, 0.717) is 31.4 Å². The van der Waals surface area contributed by atoms with Crippen molar-refractivity contribution < 1.29 is 9.53 Å².